The van der Waals surface area contributed by atoms with E-state index in [2.05, 4.69) is 16.1 Å². The van der Waals surface area contributed by atoms with Crippen LogP contribution in [0.1, 0.15) is 30.4 Å². The van der Waals surface area contributed by atoms with Gasteiger partial charge in [0.1, 0.15) is 0 Å². The van der Waals surface area contributed by atoms with Gasteiger partial charge < -0.3 is 5.32 Å². The zero-order valence-electron chi connectivity index (χ0n) is 11.6. The number of fused-ring (bicyclic) bond motifs is 1. The average Bonchev–Trinajstić information content (AvgIpc) is 2.48. The van der Waals surface area contributed by atoms with Crippen LogP contribution in [0.5, 0.6) is 0 Å². The Labute approximate surface area is 120 Å². The standard InChI is InChI=1S/C14H21N3O2S/c18-20(19,17-9-2-1-3-10-17)16-14-6-4-5-12-7-8-15-11-13(12)14/h4-6,15-16H,1-3,7-11H2. The molecule has 0 radical (unpaired) electrons. The molecule has 110 valence electrons. The minimum atomic E-state index is -3.41. The van der Waals surface area contributed by atoms with Crippen LogP contribution >= 0.6 is 0 Å². The van der Waals surface area contributed by atoms with Crippen LogP contribution in [-0.4, -0.2) is 32.4 Å². The van der Waals surface area contributed by atoms with Crippen molar-refractivity contribution < 1.29 is 8.42 Å². The van der Waals surface area contributed by atoms with Gasteiger partial charge in [0.25, 0.3) is 0 Å². The number of nitrogens with one attached hydrogen (secondary N) is 2. The molecule has 20 heavy (non-hydrogen) atoms. The van der Waals surface area contributed by atoms with Crippen LogP contribution in [0.4, 0.5) is 5.69 Å². The van der Waals surface area contributed by atoms with Gasteiger partial charge in [0.15, 0.2) is 0 Å². The topological polar surface area (TPSA) is 61.4 Å². The summed E-state index contributed by atoms with van der Waals surface area (Å²) in [6.07, 6.45) is 3.98. The molecule has 1 aromatic rings. The maximum absolute atomic E-state index is 12.4. The van der Waals surface area contributed by atoms with Crippen molar-refractivity contribution in [3.05, 3.63) is 29.3 Å². The van der Waals surface area contributed by atoms with Gasteiger partial charge in [0.05, 0.1) is 5.69 Å². The van der Waals surface area contributed by atoms with E-state index in [1.807, 2.05) is 12.1 Å². The molecule has 0 unspecified atom stereocenters. The quantitative estimate of drug-likeness (QED) is 0.888. The van der Waals surface area contributed by atoms with E-state index in [1.165, 1.54) is 5.56 Å². The first-order valence-corrected chi connectivity index (χ1v) is 8.70. The van der Waals surface area contributed by atoms with E-state index in [0.717, 1.165) is 50.0 Å². The lowest BCUT2D eigenvalue weighted by molar-refractivity contribution is 0.349. The summed E-state index contributed by atoms with van der Waals surface area (Å²) in [7, 11) is -3.41. The van der Waals surface area contributed by atoms with Gasteiger partial charge in [-0.25, -0.2) is 0 Å². The summed E-state index contributed by atoms with van der Waals surface area (Å²) in [6.45, 7) is 2.94. The number of nitrogens with zero attached hydrogens (tertiary/aromatic N) is 1. The van der Waals surface area contributed by atoms with Crippen molar-refractivity contribution in [2.45, 2.75) is 32.2 Å². The highest BCUT2D eigenvalue weighted by Crippen LogP contribution is 2.25. The SMILES string of the molecule is O=S(=O)(Nc1cccc2c1CNCC2)N1CCCCC1. The summed E-state index contributed by atoms with van der Waals surface area (Å²) in [5.74, 6) is 0. The fourth-order valence-electron chi connectivity index (χ4n) is 2.92. The van der Waals surface area contributed by atoms with E-state index in [-0.39, 0.29) is 0 Å². The summed E-state index contributed by atoms with van der Waals surface area (Å²) in [5, 5.41) is 3.30. The average molecular weight is 295 g/mol. The molecule has 0 spiro atoms. The summed E-state index contributed by atoms with van der Waals surface area (Å²) < 4.78 is 29.2. The Morgan fingerprint density at radius 1 is 1.15 bits per heavy atom. The van der Waals surface area contributed by atoms with Gasteiger partial charge >= 0.3 is 10.2 Å². The van der Waals surface area contributed by atoms with Crippen molar-refractivity contribution in [2.24, 2.45) is 0 Å². The number of hydrogen-bond acceptors (Lipinski definition) is 3. The zero-order chi connectivity index (χ0) is 14.0. The maximum Gasteiger partial charge on any atom is 0.301 e. The Bertz CT molecular complexity index is 580. The highest BCUT2D eigenvalue weighted by Gasteiger charge is 2.25. The molecular weight excluding hydrogens is 274 g/mol. The third-order valence-electron chi connectivity index (χ3n) is 4.04. The van der Waals surface area contributed by atoms with Gasteiger partial charge in [-0.2, -0.15) is 12.7 Å². The Hall–Kier alpha value is -1.11. The minimum Gasteiger partial charge on any atom is -0.312 e. The van der Waals surface area contributed by atoms with Crippen LogP contribution in [0.15, 0.2) is 18.2 Å². The van der Waals surface area contributed by atoms with Gasteiger partial charge in [-0.05, 0) is 43.0 Å². The van der Waals surface area contributed by atoms with Gasteiger partial charge in [0.2, 0.25) is 0 Å². The number of anilines is 1. The molecule has 0 saturated carbocycles. The molecule has 2 aliphatic rings. The molecule has 0 bridgehead atoms. The summed E-state index contributed by atoms with van der Waals surface area (Å²) in [6, 6.07) is 5.86. The number of hydrogen-bond donors (Lipinski definition) is 2. The lowest BCUT2D eigenvalue weighted by Gasteiger charge is -2.27. The van der Waals surface area contributed by atoms with Crippen molar-refractivity contribution in [2.75, 3.05) is 24.4 Å². The largest absolute Gasteiger partial charge is 0.312 e. The number of benzene rings is 1. The molecule has 6 heteroatoms. The summed E-state index contributed by atoms with van der Waals surface area (Å²) >= 11 is 0. The second kappa shape index (κ2) is 5.71. The molecule has 0 aromatic heterocycles. The molecule has 0 atom stereocenters. The van der Waals surface area contributed by atoms with Gasteiger partial charge in [-0.3, -0.25) is 4.72 Å². The molecule has 0 aliphatic carbocycles. The van der Waals surface area contributed by atoms with Crippen molar-refractivity contribution in [3.63, 3.8) is 0 Å². The third-order valence-corrected chi connectivity index (χ3v) is 5.56. The molecule has 5 nitrogen and oxygen atoms in total. The monoisotopic (exact) mass is 295 g/mol. The van der Waals surface area contributed by atoms with E-state index in [1.54, 1.807) is 4.31 Å². The molecule has 2 aliphatic heterocycles. The highest BCUT2D eigenvalue weighted by molar-refractivity contribution is 7.90. The smallest absolute Gasteiger partial charge is 0.301 e. The van der Waals surface area contributed by atoms with Crippen molar-refractivity contribution >= 4 is 15.9 Å². The lowest BCUT2D eigenvalue weighted by atomic mass is 10.00. The fourth-order valence-corrected chi connectivity index (χ4v) is 4.26. The minimum absolute atomic E-state index is 0.628. The molecule has 2 N–H and O–H groups in total. The molecule has 3 rings (SSSR count). The maximum atomic E-state index is 12.4. The number of rotatable bonds is 3. The Balaban J connectivity index is 1.83. The normalized spacial score (nSPS) is 20.4. The molecule has 1 saturated heterocycles. The first-order chi connectivity index (χ1) is 9.67. The van der Waals surface area contributed by atoms with E-state index in [0.29, 0.717) is 13.1 Å². The van der Waals surface area contributed by atoms with E-state index in [4.69, 9.17) is 0 Å². The zero-order valence-corrected chi connectivity index (χ0v) is 12.4. The summed E-state index contributed by atoms with van der Waals surface area (Å²) in [4.78, 5) is 0. The van der Waals surface area contributed by atoms with E-state index in [9.17, 15) is 8.42 Å². The van der Waals surface area contributed by atoms with Crippen molar-refractivity contribution in [1.82, 2.24) is 9.62 Å². The van der Waals surface area contributed by atoms with Crippen LogP contribution in [0.2, 0.25) is 0 Å². The van der Waals surface area contributed by atoms with E-state index < -0.39 is 10.2 Å². The molecule has 1 aromatic carbocycles. The fraction of sp³-hybridized carbons (Fsp3) is 0.571. The third kappa shape index (κ3) is 2.82. The lowest BCUT2D eigenvalue weighted by Crippen LogP contribution is -2.39. The Kier molecular flexibility index (Phi) is 3.96. The van der Waals surface area contributed by atoms with Crippen LogP contribution in [0.3, 0.4) is 0 Å². The van der Waals surface area contributed by atoms with Crippen LogP contribution in [0, 0.1) is 0 Å². The summed E-state index contributed by atoms with van der Waals surface area (Å²) in [5.41, 5.74) is 3.04. The van der Waals surface area contributed by atoms with Gasteiger partial charge in [-0.15, -0.1) is 0 Å². The molecule has 2 heterocycles. The van der Waals surface area contributed by atoms with E-state index >= 15 is 0 Å². The first kappa shape index (κ1) is 13.9. The van der Waals surface area contributed by atoms with Crippen LogP contribution in [-0.2, 0) is 23.2 Å². The van der Waals surface area contributed by atoms with Crippen molar-refractivity contribution in [1.29, 1.82) is 0 Å². The van der Waals surface area contributed by atoms with Crippen LogP contribution < -0.4 is 10.0 Å². The predicted molar refractivity (Wildman–Crippen MR) is 79.8 cm³/mol. The van der Waals surface area contributed by atoms with Gasteiger partial charge in [-0.1, -0.05) is 18.6 Å². The Morgan fingerprint density at radius 2 is 1.95 bits per heavy atom. The molecule has 1 fully saturated rings. The Morgan fingerprint density at radius 3 is 2.75 bits per heavy atom. The predicted octanol–water partition coefficient (Wildman–Crippen LogP) is 1.47. The number of piperidine rings is 1. The molecule has 0 amide bonds. The second-order valence-electron chi connectivity index (χ2n) is 5.44. The first-order valence-electron chi connectivity index (χ1n) is 7.26. The van der Waals surface area contributed by atoms with Crippen molar-refractivity contribution in [3.8, 4) is 0 Å². The molecular formula is C14H21N3O2S. The van der Waals surface area contributed by atoms with Gasteiger partial charge in [0, 0.05) is 19.6 Å². The highest BCUT2D eigenvalue weighted by atomic mass is 32.2. The van der Waals surface area contributed by atoms with Crippen LogP contribution in [0.25, 0.3) is 0 Å². The second-order valence-corrected chi connectivity index (χ2v) is 7.11.